The van der Waals surface area contributed by atoms with Crippen LogP contribution in [0.2, 0.25) is 0 Å². The SMILES string of the molecule is O=C(NC1CCOCC1)C1CCc2c(sc3ncnc(Nc4ccc5[nH]ncc5c4)c23)C1. The van der Waals surface area contributed by atoms with Crippen LogP contribution in [0.25, 0.3) is 21.1 Å². The number of carbonyl (C=O) groups is 1. The summed E-state index contributed by atoms with van der Waals surface area (Å²) in [7, 11) is 0. The van der Waals surface area contributed by atoms with Gasteiger partial charge in [-0.1, -0.05) is 0 Å². The van der Waals surface area contributed by atoms with Crippen molar-refractivity contribution in [3.63, 3.8) is 0 Å². The number of nitrogens with zero attached hydrogens (tertiary/aromatic N) is 3. The van der Waals surface area contributed by atoms with Crippen molar-refractivity contribution in [1.29, 1.82) is 0 Å². The number of hydrogen-bond acceptors (Lipinski definition) is 7. The molecule has 0 radical (unpaired) electrons. The molecule has 6 rings (SSSR count). The molecular weight excluding hydrogens is 424 g/mol. The fraction of sp³-hybridized carbons (Fsp3) is 0.391. The van der Waals surface area contributed by atoms with E-state index in [2.05, 4.69) is 36.9 Å². The molecule has 3 N–H and O–H groups in total. The third-order valence-electron chi connectivity index (χ3n) is 6.49. The number of H-pyrrole nitrogens is 1. The van der Waals surface area contributed by atoms with Gasteiger partial charge in [0.25, 0.3) is 0 Å². The van der Waals surface area contributed by atoms with Crippen molar-refractivity contribution in [3.8, 4) is 0 Å². The van der Waals surface area contributed by atoms with E-state index in [1.165, 1.54) is 10.4 Å². The van der Waals surface area contributed by atoms with Gasteiger partial charge in [0.15, 0.2) is 0 Å². The zero-order valence-corrected chi connectivity index (χ0v) is 18.4. The fourth-order valence-corrected chi connectivity index (χ4v) is 6.01. The molecule has 1 unspecified atom stereocenters. The number of rotatable bonds is 4. The molecule has 1 aliphatic heterocycles. The van der Waals surface area contributed by atoms with E-state index >= 15 is 0 Å². The highest BCUT2D eigenvalue weighted by Gasteiger charge is 2.30. The molecule has 1 aromatic carbocycles. The largest absolute Gasteiger partial charge is 0.381 e. The van der Waals surface area contributed by atoms with E-state index in [0.717, 1.165) is 77.9 Å². The molecule has 32 heavy (non-hydrogen) atoms. The van der Waals surface area contributed by atoms with Crippen LogP contribution in [-0.4, -0.2) is 45.3 Å². The van der Waals surface area contributed by atoms with Crippen LogP contribution < -0.4 is 10.6 Å². The highest BCUT2D eigenvalue weighted by atomic mass is 32.1. The molecule has 1 amide bonds. The summed E-state index contributed by atoms with van der Waals surface area (Å²) in [5.74, 6) is 1.02. The van der Waals surface area contributed by atoms with Crippen molar-refractivity contribution in [2.45, 2.75) is 38.1 Å². The van der Waals surface area contributed by atoms with Crippen molar-refractivity contribution in [2.24, 2.45) is 5.92 Å². The minimum atomic E-state index is 0.0197. The summed E-state index contributed by atoms with van der Waals surface area (Å²) in [6.45, 7) is 1.47. The second-order valence-electron chi connectivity index (χ2n) is 8.54. The Morgan fingerprint density at radius 3 is 3.00 bits per heavy atom. The van der Waals surface area contributed by atoms with Gasteiger partial charge in [0, 0.05) is 41.1 Å². The molecule has 0 spiro atoms. The Morgan fingerprint density at radius 1 is 1.19 bits per heavy atom. The van der Waals surface area contributed by atoms with Gasteiger partial charge < -0.3 is 15.4 Å². The summed E-state index contributed by atoms with van der Waals surface area (Å²) >= 11 is 1.69. The fourth-order valence-electron chi connectivity index (χ4n) is 4.75. The summed E-state index contributed by atoms with van der Waals surface area (Å²) in [6.07, 6.45) is 7.72. The molecule has 0 bridgehead atoms. The first kappa shape index (κ1) is 19.6. The number of aromatic amines is 1. The molecule has 2 aliphatic rings. The van der Waals surface area contributed by atoms with E-state index in [1.54, 1.807) is 17.7 Å². The Bertz CT molecular complexity index is 1290. The number of ether oxygens (including phenoxy) is 1. The average Bonchev–Trinajstić information content (AvgIpc) is 3.43. The first-order chi connectivity index (χ1) is 15.7. The van der Waals surface area contributed by atoms with Crippen molar-refractivity contribution in [3.05, 3.63) is 41.2 Å². The predicted octanol–water partition coefficient (Wildman–Crippen LogP) is 3.71. The summed E-state index contributed by atoms with van der Waals surface area (Å²) in [5.41, 5.74) is 3.25. The summed E-state index contributed by atoms with van der Waals surface area (Å²) in [4.78, 5) is 24.2. The third-order valence-corrected chi connectivity index (χ3v) is 7.65. The number of nitrogens with one attached hydrogen (secondary N) is 3. The van der Waals surface area contributed by atoms with E-state index in [-0.39, 0.29) is 17.9 Å². The maximum absolute atomic E-state index is 12.9. The minimum absolute atomic E-state index is 0.0197. The Labute approximate surface area is 188 Å². The first-order valence-corrected chi connectivity index (χ1v) is 11.9. The van der Waals surface area contributed by atoms with Crippen LogP contribution in [0.5, 0.6) is 0 Å². The lowest BCUT2D eigenvalue weighted by molar-refractivity contribution is -0.126. The van der Waals surface area contributed by atoms with Gasteiger partial charge >= 0.3 is 0 Å². The normalized spacial score (nSPS) is 19.2. The molecule has 164 valence electrons. The quantitative estimate of drug-likeness (QED) is 0.440. The number of benzene rings is 1. The van der Waals surface area contributed by atoms with Crippen LogP contribution in [0, 0.1) is 5.92 Å². The molecule has 1 atom stereocenters. The van der Waals surface area contributed by atoms with Crippen molar-refractivity contribution in [1.82, 2.24) is 25.5 Å². The number of amides is 1. The molecule has 3 aromatic heterocycles. The van der Waals surface area contributed by atoms with Gasteiger partial charge in [-0.15, -0.1) is 11.3 Å². The Morgan fingerprint density at radius 2 is 2.09 bits per heavy atom. The highest BCUT2D eigenvalue weighted by molar-refractivity contribution is 7.19. The molecule has 1 saturated heterocycles. The topological polar surface area (TPSA) is 105 Å². The molecule has 9 heteroatoms. The minimum Gasteiger partial charge on any atom is -0.381 e. The Hall–Kier alpha value is -3.04. The summed E-state index contributed by atoms with van der Waals surface area (Å²) in [5, 5.41) is 15.9. The van der Waals surface area contributed by atoms with E-state index in [0.29, 0.717) is 0 Å². The van der Waals surface area contributed by atoms with Gasteiger partial charge in [-0.25, -0.2) is 9.97 Å². The lowest BCUT2D eigenvalue weighted by atomic mass is 9.87. The van der Waals surface area contributed by atoms with E-state index in [1.807, 2.05) is 18.3 Å². The molecular formula is C23H24N6O2S. The number of anilines is 2. The number of aryl methyl sites for hydroxylation is 1. The van der Waals surface area contributed by atoms with E-state index in [4.69, 9.17) is 4.74 Å². The van der Waals surface area contributed by atoms with Gasteiger partial charge in [0.2, 0.25) is 5.91 Å². The second-order valence-corrected chi connectivity index (χ2v) is 9.62. The molecule has 1 aliphatic carbocycles. The van der Waals surface area contributed by atoms with Gasteiger partial charge in [0.1, 0.15) is 17.0 Å². The van der Waals surface area contributed by atoms with Crippen LogP contribution in [0.15, 0.2) is 30.7 Å². The number of carbonyl (C=O) groups excluding carboxylic acids is 1. The highest BCUT2D eigenvalue weighted by Crippen LogP contribution is 2.40. The smallest absolute Gasteiger partial charge is 0.223 e. The summed E-state index contributed by atoms with van der Waals surface area (Å²) < 4.78 is 5.40. The van der Waals surface area contributed by atoms with E-state index in [9.17, 15) is 4.79 Å². The predicted molar refractivity (Wildman–Crippen MR) is 124 cm³/mol. The number of fused-ring (bicyclic) bond motifs is 4. The van der Waals surface area contributed by atoms with Gasteiger partial charge in [-0.05, 0) is 55.9 Å². The molecule has 4 aromatic rings. The van der Waals surface area contributed by atoms with Crippen LogP contribution in [0.3, 0.4) is 0 Å². The second kappa shape index (κ2) is 8.14. The maximum Gasteiger partial charge on any atom is 0.223 e. The standard InChI is InChI=1S/C23H24N6O2S/c30-22(28-15-5-7-31-8-6-15)13-1-3-17-19(10-13)32-23-20(17)21(24-12-25-23)27-16-2-4-18-14(9-16)11-26-29-18/h2,4,9,11-13,15H,1,3,5-8,10H2,(H,26,29)(H,28,30)(H,24,25,27). The van der Waals surface area contributed by atoms with Crippen LogP contribution in [0.1, 0.15) is 29.7 Å². The zero-order chi connectivity index (χ0) is 21.5. The zero-order valence-electron chi connectivity index (χ0n) is 17.6. The third kappa shape index (κ3) is 3.61. The van der Waals surface area contributed by atoms with Crippen LogP contribution in [0.4, 0.5) is 11.5 Å². The maximum atomic E-state index is 12.9. The Kier molecular flexibility index (Phi) is 4.99. The van der Waals surface area contributed by atoms with Crippen LogP contribution in [-0.2, 0) is 22.4 Å². The van der Waals surface area contributed by atoms with Crippen LogP contribution >= 0.6 is 11.3 Å². The molecule has 1 fully saturated rings. The van der Waals surface area contributed by atoms with Gasteiger partial charge in [-0.2, -0.15) is 5.10 Å². The molecule has 8 nitrogen and oxygen atoms in total. The van der Waals surface area contributed by atoms with Crippen molar-refractivity contribution in [2.75, 3.05) is 18.5 Å². The monoisotopic (exact) mass is 448 g/mol. The molecule has 4 heterocycles. The number of thiophene rings is 1. The number of hydrogen-bond donors (Lipinski definition) is 3. The average molecular weight is 449 g/mol. The number of aromatic nitrogens is 4. The van der Waals surface area contributed by atoms with Gasteiger partial charge in [-0.3, -0.25) is 9.89 Å². The van der Waals surface area contributed by atoms with Gasteiger partial charge in [0.05, 0.1) is 17.1 Å². The lowest BCUT2D eigenvalue weighted by Gasteiger charge is -2.27. The Balaban J connectivity index is 1.25. The molecule has 0 saturated carbocycles. The van der Waals surface area contributed by atoms with E-state index < -0.39 is 0 Å². The first-order valence-electron chi connectivity index (χ1n) is 11.1. The lowest BCUT2D eigenvalue weighted by Crippen LogP contribution is -2.43. The van der Waals surface area contributed by atoms with Crippen molar-refractivity contribution < 1.29 is 9.53 Å². The summed E-state index contributed by atoms with van der Waals surface area (Å²) in [6, 6.07) is 6.33. The van der Waals surface area contributed by atoms with Crippen molar-refractivity contribution >= 4 is 49.9 Å².